The van der Waals surface area contributed by atoms with Crippen LogP contribution >= 0.6 is 0 Å². The molecule has 0 spiro atoms. The molecule has 6 heteroatoms. The minimum Gasteiger partial charge on any atom is -0.334 e. The van der Waals surface area contributed by atoms with Crippen molar-refractivity contribution in [3.63, 3.8) is 0 Å². The van der Waals surface area contributed by atoms with Gasteiger partial charge in [0.15, 0.2) is 0 Å². The van der Waals surface area contributed by atoms with Gasteiger partial charge in [-0.1, -0.05) is 42.5 Å². The van der Waals surface area contributed by atoms with E-state index in [1.807, 2.05) is 47.4 Å². The van der Waals surface area contributed by atoms with Gasteiger partial charge in [0, 0.05) is 25.8 Å². The maximum Gasteiger partial charge on any atom is 0.317 e. The van der Waals surface area contributed by atoms with Crippen LogP contribution in [0.1, 0.15) is 29.9 Å². The first kappa shape index (κ1) is 18.2. The maximum absolute atomic E-state index is 14.0. The van der Waals surface area contributed by atoms with Crippen molar-refractivity contribution < 1.29 is 9.18 Å². The summed E-state index contributed by atoms with van der Waals surface area (Å²) in [7, 11) is 0. The van der Waals surface area contributed by atoms with Gasteiger partial charge in [-0.25, -0.2) is 9.18 Å². The number of hydrogen-bond acceptors (Lipinski definition) is 2. The average Bonchev–Trinajstić information content (AvgIpc) is 3.28. The number of urea groups is 1. The molecule has 0 saturated carbocycles. The van der Waals surface area contributed by atoms with Crippen molar-refractivity contribution in [2.24, 2.45) is 0 Å². The molecule has 1 aliphatic rings. The second-order valence-electron chi connectivity index (χ2n) is 7.11. The number of amides is 2. The first-order valence-electron chi connectivity index (χ1n) is 9.56. The van der Waals surface area contributed by atoms with Crippen molar-refractivity contribution in [3.8, 4) is 11.3 Å². The number of hydrogen-bond donors (Lipinski definition) is 2. The van der Waals surface area contributed by atoms with E-state index in [4.69, 9.17) is 0 Å². The van der Waals surface area contributed by atoms with Crippen LogP contribution in [0, 0.1) is 5.82 Å². The van der Waals surface area contributed by atoms with Crippen molar-refractivity contribution in [3.05, 3.63) is 77.7 Å². The molecular weight excluding hydrogens is 355 g/mol. The average molecular weight is 378 g/mol. The van der Waals surface area contributed by atoms with Crippen molar-refractivity contribution in [2.75, 3.05) is 13.1 Å². The Morgan fingerprint density at radius 1 is 1.11 bits per heavy atom. The van der Waals surface area contributed by atoms with Crippen LogP contribution in [0.25, 0.3) is 11.3 Å². The van der Waals surface area contributed by atoms with Crippen molar-refractivity contribution in [1.29, 1.82) is 0 Å². The van der Waals surface area contributed by atoms with E-state index in [0.717, 1.165) is 35.2 Å². The van der Waals surface area contributed by atoms with Gasteiger partial charge in [0.1, 0.15) is 5.82 Å². The molecule has 0 unspecified atom stereocenters. The summed E-state index contributed by atoms with van der Waals surface area (Å²) in [6, 6.07) is 16.8. The predicted octanol–water partition coefficient (Wildman–Crippen LogP) is 4.31. The number of benzene rings is 2. The lowest BCUT2D eigenvalue weighted by Crippen LogP contribution is -2.43. The predicted molar refractivity (Wildman–Crippen MR) is 106 cm³/mol. The lowest BCUT2D eigenvalue weighted by atomic mass is 9.89. The second-order valence-corrected chi connectivity index (χ2v) is 7.11. The van der Waals surface area contributed by atoms with E-state index in [2.05, 4.69) is 15.5 Å². The summed E-state index contributed by atoms with van der Waals surface area (Å²) in [5.74, 6) is 0.0317. The molecule has 1 aromatic heterocycles. The van der Waals surface area contributed by atoms with Crippen LogP contribution in [0.5, 0.6) is 0 Å². The zero-order chi connectivity index (χ0) is 19.3. The first-order chi connectivity index (χ1) is 13.7. The maximum atomic E-state index is 14.0. The van der Waals surface area contributed by atoms with Crippen molar-refractivity contribution in [1.82, 2.24) is 20.4 Å². The van der Waals surface area contributed by atoms with E-state index in [9.17, 15) is 9.18 Å². The largest absolute Gasteiger partial charge is 0.334 e. The number of carbonyl (C=O) groups excluding carboxylic acids is 1. The van der Waals surface area contributed by atoms with Crippen molar-refractivity contribution in [2.45, 2.75) is 25.3 Å². The quantitative estimate of drug-likeness (QED) is 0.711. The topological polar surface area (TPSA) is 61.0 Å². The fraction of sp³-hybridized carbons (Fsp3) is 0.273. The summed E-state index contributed by atoms with van der Waals surface area (Å²) >= 11 is 0. The van der Waals surface area contributed by atoms with Crippen LogP contribution in [0.4, 0.5) is 9.18 Å². The number of rotatable bonds is 4. The number of nitrogens with one attached hydrogen (secondary N) is 2. The van der Waals surface area contributed by atoms with Gasteiger partial charge in [-0.15, -0.1) is 0 Å². The Bertz CT molecular complexity index is 916. The summed E-state index contributed by atoms with van der Waals surface area (Å²) in [5, 5.41) is 9.87. The number of nitrogens with zero attached hydrogens (tertiary/aromatic N) is 2. The third-order valence-electron chi connectivity index (χ3n) is 5.34. The molecule has 1 fully saturated rings. The fourth-order valence-electron chi connectivity index (χ4n) is 3.71. The molecular formula is C22H23FN4O. The molecule has 0 bridgehead atoms. The van der Waals surface area contributed by atoms with Gasteiger partial charge in [0.25, 0.3) is 0 Å². The monoisotopic (exact) mass is 378 g/mol. The summed E-state index contributed by atoms with van der Waals surface area (Å²) in [5.41, 5.74) is 3.83. The van der Waals surface area contributed by atoms with E-state index >= 15 is 0 Å². The summed E-state index contributed by atoms with van der Waals surface area (Å²) in [6.45, 7) is 1.77. The highest BCUT2D eigenvalue weighted by Crippen LogP contribution is 2.29. The highest BCUT2D eigenvalue weighted by molar-refractivity contribution is 5.74. The molecule has 144 valence electrons. The molecule has 3 aromatic rings. The number of H-pyrrole nitrogens is 1. The molecule has 1 saturated heterocycles. The summed E-state index contributed by atoms with van der Waals surface area (Å²) in [4.78, 5) is 14.3. The molecule has 5 nitrogen and oxygen atoms in total. The SMILES string of the molecule is O=C(NCc1ccc(-c2ccn[nH]2)cc1)N1CCC(c2ccccc2F)CC1. The molecule has 2 N–H and O–H groups in total. The minimum atomic E-state index is -0.149. The number of piperidine rings is 1. The summed E-state index contributed by atoms with van der Waals surface area (Å²) in [6.07, 6.45) is 3.29. The second kappa shape index (κ2) is 8.25. The molecule has 28 heavy (non-hydrogen) atoms. The van der Waals surface area contributed by atoms with E-state index in [1.165, 1.54) is 6.07 Å². The molecule has 0 aliphatic carbocycles. The molecule has 0 radical (unpaired) electrons. The lowest BCUT2D eigenvalue weighted by molar-refractivity contribution is 0.180. The number of likely N-dealkylation sites (tertiary alicyclic amines) is 1. The molecule has 2 aromatic carbocycles. The molecule has 0 atom stereocenters. The molecule has 1 aliphatic heterocycles. The third kappa shape index (κ3) is 4.06. The number of carbonyl (C=O) groups is 1. The highest BCUT2D eigenvalue weighted by atomic mass is 19.1. The Labute approximate surface area is 163 Å². The Balaban J connectivity index is 1.27. The molecule has 2 heterocycles. The van der Waals surface area contributed by atoms with Gasteiger partial charge < -0.3 is 10.2 Å². The first-order valence-corrected chi connectivity index (χ1v) is 9.56. The number of aromatic nitrogens is 2. The Morgan fingerprint density at radius 3 is 2.54 bits per heavy atom. The van der Waals surface area contributed by atoms with E-state index in [-0.39, 0.29) is 17.8 Å². The van der Waals surface area contributed by atoms with Crippen LogP contribution in [0.3, 0.4) is 0 Å². The minimum absolute atomic E-state index is 0.0652. The number of aromatic amines is 1. The van der Waals surface area contributed by atoms with Crippen LogP contribution in [-0.4, -0.2) is 34.2 Å². The van der Waals surface area contributed by atoms with E-state index < -0.39 is 0 Å². The molecule has 4 rings (SSSR count). The zero-order valence-corrected chi connectivity index (χ0v) is 15.6. The smallest absolute Gasteiger partial charge is 0.317 e. The van der Waals surface area contributed by atoms with Gasteiger partial charge in [0.05, 0.1) is 5.69 Å². The van der Waals surface area contributed by atoms with Gasteiger partial charge >= 0.3 is 6.03 Å². The van der Waals surface area contributed by atoms with Crippen LogP contribution in [-0.2, 0) is 6.54 Å². The van der Waals surface area contributed by atoms with Crippen LogP contribution < -0.4 is 5.32 Å². The Morgan fingerprint density at radius 2 is 1.86 bits per heavy atom. The number of halogens is 1. The Kier molecular flexibility index (Phi) is 5.37. The van der Waals surface area contributed by atoms with Gasteiger partial charge in [0.2, 0.25) is 0 Å². The fourth-order valence-corrected chi connectivity index (χ4v) is 3.71. The van der Waals surface area contributed by atoms with Crippen LogP contribution in [0.15, 0.2) is 60.8 Å². The normalized spacial score (nSPS) is 14.8. The van der Waals surface area contributed by atoms with E-state index in [1.54, 1.807) is 12.3 Å². The highest BCUT2D eigenvalue weighted by Gasteiger charge is 2.25. The van der Waals surface area contributed by atoms with Gasteiger partial charge in [-0.05, 0) is 47.6 Å². The third-order valence-corrected chi connectivity index (χ3v) is 5.34. The van der Waals surface area contributed by atoms with Crippen molar-refractivity contribution >= 4 is 6.03 Å². The van der Waals surface area contributed by atoms with Gasteiger partial charge in [-0.3, -0.25) is 5.10 Å². The standard InChI is InChI=1S/C22H23FN4O/c23-20-4-2-1-3-19(20)17-10-13-27(14-11-17)22(28)24-15-16-5-7-18(8-6-16)21-9-12-25-26-21/h1-9,12,17H,10-11,13-15H2,(H,24,28)(H,25,26). The van der Waals surface area contributed by atoms with Crippen LogP contribution in [0.2, 0.25) is 0 Å². The zero-order valence-electron chi connectivity index (χ0n) is 15.6. The molecule has 2 amide bonds. The summed E-state index contributed by atoms with van der Waals surface area (Å²) < 4.78 is 14.0. The van der Waals surface area contributed by atoms with E-state index in [0.29, 0.717) is 19.6 Å². The lowest BCUT2D eigenvalue weighted by Gasteiger charge is -2.32. The van der Waals surface area contributed by atoms with Gasteiger partial charge in [-0.2, -0.15) is 5.10 Å². The Hall–Kier alpha value is -3.15.